The maximum Gasteiger partial charge on any atom is 0.250 e. The molecule has 0 aliphatic heterocycles. The van der Waals surface area contributed by atoms with Crippen LogP contribution in [0.3, 0.4) is 0 Å². The summed E-state index contributed by atoms with van der Waals surface area (Å²) in [5, 5.41) is 8.53. The van der Waals surface area contributed by atoms with E-state index in [-0.39, 0.29) is 18.2 Å². The van der Waals surface area contributed by atoms with Crippen molar-refractivity contribution in [2.75, 3.05) is 11.9 Å². The van der Waals surface area contributed by atoms with Crippen LogP contribution in [-0.2, 0) is 22.4 Å². The Hall–Kier alpha value is -2.96. The van der Waals surface area contributed by atoms with Gasteiger partial charge in [0.05, 0.1) is 12.1 Å². The minimum absolute atomic E-state index is 0.105. The van der Waals surface area contributed by atoms with Crippen LogP contribution in [0.4, 0.5) is 5.13 Å². The van der Waals surface area contributed by atoms with Crippen molar-refractivity contribution in [3.63, 3.8) is 0 Å². The molecule has 0 saturated carbocycles. The first-order valence-corrected chi connectivity index (χ1v) is 10.3. The van der Waals surface area contributed by atoms with E-state index in [4.69, 9.17) is 11.6 Å². The molecule has 0 saturated heterocycles. The highest BCUT2D eigenvalue weighted by Gasteiger charge is 2.09. The summed E-state index contributed by atoms with van der Waals surface area (Å²) < 4.78 is 0. The monoisotopic (exact) mass is 425 g/mol. The fourth-order valence-electron chi connectivity index (χ4n) is 2.55. The number of thiazole rings is 1. The molecule has 0 unspecified atom stereocenters. The van der Waals surface area contributed by atoms with Crippen LogP contribution in [0.2, 0.25) is 5.02 Å². The van der Waals surface area contributed by atoms with E-state index in [9.17, 15) is 9.59 Å². The van der Waals surface area contributed by atoms with Gasteiger partial charge >= 0.3 is 0 Å². The van der Waals surface area contributed by atoms with Gasteiger partial charge in [-0.25, -0.2) is 4.98 Å². The summed E-state index contributed by atoms with van der Waals surface area (Å²) in [6.07, 6.45) is 4.10. The standard InChI is InChI=1S/C22H20ClN3O2S/c23-18-9-6-17(7-10-18)12-13-24-21(28)14-19-15-29-22(25-19)26-20(27)11-8-16-4-2-1-3-5-16/h1-11,15H,12-14H2,(H,24,28)(H,25,26,27)/b11-8+. The molecule has 29 heavy (non-hydrogen) atoms. The van der Waals surface area contributed by atoms with E-state index >= 15 is 0 Å². The zero-order chi connectivity index (χ0) is 20.5. The lowest BCUT2D eigenvalue weighted by molar-refractivity contribution is -0.120. The number of hydrogen-bond donors (Lipinski definition) is 2. The smallest absolute Gasteiger partial charge is 0.250 e. The zero-order valence-electron chi connectivity index (χ0n) is 15.6. The zero-order valence-corrected chi connectivity index (χ0v) is 17.2. The fourth-order valence-corrected chi connectivity index (χ4v) is 3.39. The van der Waals surface area contributed by atoms with Crippen molar-refractivity contribution in [3.05, 3.63) is 87.9 Å². The Bertz CT molecular complexity index is 985. The molecule has 2 N–H and O–H groups in total. The maximum atomic E-state index is 12.1. The molecule has 2 amide bonds. The first-order valence-electron chi connectivity index (χ1n) is 9.08. The number of aromatic nitrogens is 1. The third-order valence-corrected chi connectivity index (χ3v) is 5.06. The number of halogens is 1. The molecule has 5 nitrogen and oxygen atoms in total. The average Bonchev–Trinajstić information content (AvgIpc) is 3.15. The van der Waals surface area contributed by atoms with Gasteiger partial charge in [-0.2, -0.15) is 0 Å². The fraction of sp³-hybridized carbons (Fsp3) is 0.136. The third kappa shape index (κ3) is 7.18. The summed E-state index contributed by atoms with van der Waals surface area (Å²) in [6, 6.07) is 17.1. The highest BCUT2D eigenvalue weighted by molar-refractivity contribution is 7.14. The van der Waals surface area contributed by atoms with Crippen molar-refractivity contribution >= 4 is 46.0 Å². The molecule has 7 heteroatoms. The Kier molecular flexibility index (Phi) is 7.55. The molecule has 3 rings (SSSR count). The van der Waals surface area contributed by atoms with Gasteiger partial charge in [0.2, 0.25) is 11.8 Å². The van der Waals surface area contributed by atoms with Crippen LogP contribution in [0, 0.1) is 0 Å². The molecule has 0 bridgehead atoms. The third-order valence-electron chi connectivity index (χ3n) is 4.00. The molecular weight excluding hydrogens is 406 g/mol. The van der Waals surface area contributed by atoms with E-state index in [2.05, 4.69) is 15.6 Å². The van der Waals surface area contributed by atoms with Crippen molar-refractivity contribution in [2.45, 2.75) is 12.8 Å². The van der Waals surface area contributed by atoms with E-state index in [0.717, 1.165) is 17.5 Å². The quantitative estimate of drug-likeness (QED) is 0.527. The van der Waals surface area contributed by atoms with E-state index in [1.54, 1.807) is 11.5 Å². The Morgan fingerprint density at radius 2 is 1.83 bits per heavy atom. The van der Waals surface area contributed by atoms with E-state index < -0.39 is 0 Å². The molecule has 0 aliphatic rings. The predicted molar refractivity (Wildman–Crippen MR) is 118 cm³/mol. The Balaban J connectivity index is 1.42. The van der Waals surface area contributed by atoms with Gasteiger partial charge in [0.15, 0.2) is 5.13 Å². The van der Waals surface area contributed by atoms with Crippen molar-refractivity contribution in [1.82, 2.24) is 10.3 Å². The summed E-state index contributed by atoms with van der Waals surface area (Å²) in [6.45, 7) is 0.540. The van der Waals surface area contributed by atoms with Gasteiger partial charge in [-0.05, 0) is 35.8 Å². The van der Waals surface area contributed by atoms with Crippen molar-refractivity contribution < 1.29 is 9.59 Å². The summed E-state index contributed by atoms with van der Waals surface area (Å²) >= 11 is 7.15. The number of nitrogens with one attached hydrogen (secondary N) is 2. The number of nitrogens with zero attached hydrogens (tertiary/aromatic N) is 1. The Labute approximate surface area is 178 Å². The van der Waals surface area contributed by atoms with Crippen molar-refractivity contribution in [2.24, 2.45) is 0 Å². The second kappa shape index (κ2) is 10.5. The minimum atomic E-state index is -0.262. The summed E-state index contributed by atoms with van der Waals surface area (Å²) in [5.74, 6) is -0.367. The van der Waals surface area contributed by atoms with Gasteiger partial charge in [0.1, 0.15) is 0 Å². The largest absolute Gasteiger partial charge is 0.355 e. The van der Waals surface area contributed by atoms with Gasteiger partial charge < -0.3 is 5.32 Å². The SMILES string of the molecule is O=C(/C=C/c1ccccc1)Nc1nc(CC(=O)NCCc2ccc(Cl)cc2)cs1. The molecule has 148 valence electrons. The maximum absolute atomic E-state index is 12.1. The number of amides is 2. The van der Waals surface area contributed by atoms with E-state index in [1.807, 2.05) is 54.6 Å². The van der Waals surface area contributed by atoms with E-state index in [0.29, 0.717) is 22.4 Å². The molecule has 0 fully saturated rings. The van der Waals surface area contributed by atoms with Crippen LogP contribution in [0.15, 0.2) is 66.1 Å². The molecule has 0 radical (unpaired) electrons. The number of carbonyl (C=O) groups is 2. The predicted octanol–water partition coefficient (Wildman–Crippen LogP) is 4.35. The molecule has 0 spiro atoms. The van der Waals surface area contributed by atoms with E-state index in [1.165, 1.54) is 17.4 Å². The molecule has 1 heterocycles. The second-order valence-electron chi connectivity index (χ2n) is 6.28. The first-order chi connectivity index (χ1) is 14.1. The van der Waals surface area contributed by atoms with Crippen LogP contribution in [-0.4, -0.2) is 23.3 Å². The van der Waals surface area contributed by atoms with Gasteiger partial charge in [0.25, 0.3) is 0 Å². The van der Waals surface area contributed by atoms with Crippen molar-refractivity contribution in [1.29, 1.82) is 0 Å². The Morgan fingerprint density at radius 1 is 1.07 bits per heavy atom. The van der Waals surface area contributed by atoms with Crippen molar-refractivity contribution in [3.8, 4) is 0 Å². The van der Waals surface area contributed by atoms with Crippen LogP contribution < -0.4 is 10.6 Å². The molecule has 3 aromatic rings. The molecule has 2 aromatic carbocycles. The number of benzene rings is 2. The Morgan fingerprint density at radius 3 is 2.59 bits per heavy atom. The molecule has 0 aliphatic carbocycles. The number of rotatable bonds is 8. The molecule has 0 atom stereocenters. The minimum Gasteiger partial charge on any atom is -0.355 e. The van der Waals surface area contributed by atoms with Crippen LogP contribution in [0.1, 0.15) is 16.8 Å². The number of hydrogen-bond acceptors (Lipinski definition) is 4. The molecular formula is C22H20ClN3O2S. The summed E-state index contributed by atoms with van der Waals surface area (Å²) in [5.41, 5.74) is 2.68. The van der Waals surface area contributed by atoms with Crippen LogP contribution >= 0.6 is 22.9 Å². The lowest BCUT2D eigenvalue weighted by atomic mass is 10.1. The highest BCUT2D eigenvalue weighted by Crippen LogP contribution is 2.16. The second-order valence-corrected chi connectivity index (χ2v) is 7.57. The van der Waals surface area contributed by atoms with Gasteiger partial charge in [-0.1, -0.05) is 54.1 Å². The summed E-state index contributed by atoms with van der Waals surface area (Å²) in [7, 11) is 0. The number of carbonyl (C=O) groups excluding carboxylic acids is 2. The highest BCUT2D eigenvalue weighted by atomic mass is 35.5. The first kappa shape index (κ1) is 20.8. The van der Waals surface area contributed by atoms with Gasteiger partial charge in [-0.3, -0.25) is 14.9 Å². The average molecular weight is 426 g/mol. The lowest BCUT2D eigenvalue weighted by Crippen LogP contribution is -2.27. The lowest BCUT2D eigenvalue weighted by Gasteiger charge is -2.04. The van der Waals surface area contributed by atoms with Crippen LogP contribution in [0.5, 0.6) is 0 Å². The molecule has 1 aromatic heterocycles. The summed E-state index contributed by atoms with van der Waals surface area (Å²) in [4.78, 5) is 28.4. The van der Waals surface area contributed by atoms with Gasteiger partial charge in [0, 0.05) is 23.0 Å². The normalized spacial score (nSPS) is 10.8. The topological polar surface area (TPSA) is 71.1 Å². The van der Waals surface area contributed by atoms with Crippen LogP contribution in [0.25, 0.3) is 6.08 Å². The van der Waals surface area contributed by atoms with Gasteiger partial charge in [-0.15, -0.1) is 11.3 Å². The number of anilines is 1.